The summed E-state index contributed by atoms with van der Waals surface area (Å²) in [6, 6.07) is 5.56. The van der Waals surface area contributed by atoms with Crippen LogP contribution in [0.15, 0.2) is 18.2 Å². The topological polar surface area (TPSA) is 38.7 Å². The van der Waals surface area contributed by atoms with Crippen LogP contribution in [0.1, 0.15) is 12.0 Å². The van der Waals surface area contributed by atoms with Crippen molar-refractivity contribution in [1.82, 2.24) is 0 Å². The lowest BCUT2D eigenvalue weighted by molar-refractivity contribution is 0.264. The van der Waals surface area contributed by atoms with Gasteiger partial charge in [0.25, 0.3) is 0 Å². The molecule has 0 atom stereocenters. The van der Waals surface area contributed by atoms with Crippen molar-refractivity contribution >= 4 is 0 Å². The first kappa shape index (κ1) is 8.38. The number of ether oxygens (including phenoxy) is 2. The molecule has 0 spiro atoms. The molecule has 0 bridgehead atoms. The third-order valence-electron chi connectivity index (χ3n) is 2.02. The molecule has 70 valence electrons. The first-order valence-electron chi connectivity index (χ1n) is 4.40. The number of para-hydroxylation sites is 1. The van der Waals surface area contributed by atoms with Gasteiger partial charge >= 0.3 is 0 Å². The lowest BCUT2D eigenvalue weighted by Gasteiger charge is -2.09. The predicted molar refractivity (Wildman–Crippen MR) is 48.0 cm³/mol. The number of hydrogen-bond acceptors (Lipinski definition) is 3. The lowest BCUT2D eigenvalue weighted by atomic mass is 10.2. The highest BCUT2D eigenvalue weighted by atomic mass is 16.5. The molecule has 1 aliphatic rings. The molecule has 2 rings (SSSR count). The van der Waals surface area contributed by atoms with E-state index < -0.39 is 0 Å². The fourth-order valence-electron chi connectivity index (χ4n) is 1.38. The number of benzene rings is 1. The van der Waals surface area contributed by atoms with E-state index in [4.69, 9.17) is 14.6 Å². The number of aliphatic hydroxyl groups excluding tert-OH is 1. The molecular formula is C10H12O3. The van der Waals surface area contributed by atoms with E-state index in [1.54, 1.807) is 0 Å². The molecule has 0 amide bonds. The third kappa shape index (κ3) is 1.60. The summed E-state index contributed by atoms with van der Waals surface area (Å²) < 4.78 is 10.9. The molecule has 1 heterocycles. The quantitative estimate of drug-likeness (QED) is 0.708. The smallest absolute Gasteiger partial charge is 0.166 e. The molecule has 3 heteroatoms. The fraction of sp³-hybridized carbons (Fsp3) is 0.400. The monoisotopic (exact) mass is 180 g/mol. The van der Waals surface area contributed by atoms with Crippen LogP contribution in [0.25, 0.3) is 0 Å². The Labute approximate surface area is 76.9 Å². The van der Waals surface area contributed by atoms with Gasteiger partial charge in [0.1, 0.15) is 0 Å². The van der Waals surface area contributed by atoms with Crippen LogP contribution >= 0.6 is 0 Å². The van der Waals surface area contributed by atoms with E-state index in [0.717, 1.165) is 17.7 Å². The van der Waals surface area contributed by atoms with Gasteiger partial charge in [-0.15, -0.1) is 0 Å². The molecule has 3 nitrogen and oxygen atoms in total. The summed E-state index contributed by atoms with van der Waals surface area (Å²) in [6.45, 7) is 1.33. The van der Waals surface area contributed by atoms with Crippen LogP contribution in [0.2, 0.25) is 0 Å². The summed E-state index contributed by atoms with van der Waals surface area (Å²) in [7, 11) is 0. The third-order valence-corrected chi connectivity index (χ3v) is 2.02. The van der Waals surface area contributed by atoms with Crippen molar-refractivity contribution in [3.63, 3.8) is 0 Å². The van der Waals surface area contributed by atoms with Crippen LogP contribution < -0.4 is 9.47 Å². The van der Waals surface area contributed by atoms with Crippen molar-refractivity contribution in [3.8, 4) is 11.5 Å². The van der Waals surface area contributed by atoms with Gasteiger partial charge in [-0.2, -0.15) is 0 Å². The summed E-state index contributed by atoms with van der Waals surface area (Å²) >= 11 is 0. The summed E-state index contributed by atoms with van der Waals surface area (Å²) in [5.41, 5.74) is 0.791. The van der Waals surface area contributed by atoms with Crippen molar-refractivity contribution < 1.29 is 14.6 Å². The highest BCUT2D eigenvalue weighted by Crippen LogP contribution is 2.32. The Bertz CT molecular complexity index is 296. The number of aliphatic hydroxyl groups is 1. The van der Waals surface area contributed by atoms with Crippen molar-refractivity contribution in [1.29, 1.82) is 0 Å². The van der Waals surface area contributed by atoms with Gasteiger partial charge in [-0.25, -0.2) is 0 Å². The molecule has 1 aromatic rings. The molecule has 0 saturated carbocycles. The minimum atomic E-state index is -0.00741. The van der Waals surface area contributed by atoms with Crippen molar-refractivity contribution in [3.05, 3.63) is 23.8 Å². The van der Waals surface area contributed by atoms with E-state index >= 15 is 0 Å². The highest BCUT2D eigenvalue weighted by Gasteiger charge is 2.12. The number of rotatable bonds is 1. The van der Waals surface area contributed by atoms with Gasteiger partial charge in [-0.05, 0) is 6.07 Å². The molecule has 13 heavy (non-hydrogen) atoms. The van der Waals surface area contributed by atoms with Gasteiger partial charge in [0.2, 0.25) is 0 Å². The van der Waals surface area contributed by atoms with E-state index in [9.17, 15) is 0 Å². The van der Waals surface area contributed by atoms with Crippen LogP contribution in [0.4, 0.5) is 0 Å². The maximum atomic E-state index is 9.05. The second-order valence-electron chi connectivity index (χ2n) is 2.95. The van der Waals surface area contributed by atoms with Gasteiger partial charge in [0.05, 0.1) is 19.8 Å². The van der Waals surface area contributed by atoms with Gasteiger partial charge < -0.3 is 14.6 Å². The van der Waals surface area contributed by atoms with Crippen LogP contribution in [0.3, 0.4) is 0 Å². The maximum Gasteiger partial charge on any atom is 0.166 e. The minimum Gasteiger partial charge on any atom is -0.490 e. The van der Waals surface area contributed by atoms with Crippen molar-refractivity contribution in [2.75, 3.05) is 13.2 Å². The first-order chi connectivity index (χ1) is 6.42. The summed E-state index contributed by atoms with van der Waals surface area (Å²) in [4.78, 5) is 0. The summed E-state index contributed by atoms with van der Waals surface area (Å²) in [5.74, 6) is 1.44. The molecular weight excluding hydrogens is 168 g/mol. The lowest BCUT2D eigenvalue weighted by Crippen LogP contribution is -1.98. The van der Waals surface area contributed by atoms with Crippen LogP contribution in [-0.4, -0.2) is 18.3 Å². The molecule has 1 aliphatic heterocycles. The normalized spacial score (nSPS) is 15.2. The van der Waals surface area contributed by atoms with Crippen LogP contribution in [0.5, 0.6) is 11.5 Å². The van der Waals surface area contributed by atoms with Gasteiger partial charge in [-0.3, -0.25) is 0 Å². The van der Waals surface area contributed by atoms with Crippen molar-refractivity contribution in [2.24, 2.45) is 0 Å². The van der Waals surface area contributed by atoms with Crippen LogP contribution in [-0.2, 0) is 6.61 Å². The van der Waals surface area contributed by atoms with E-state index in [0.29, 0.717) is 19.0 Å². The second-order valence-corrected chi connectivity index (χ2v) is 2.95. The molecule has 1 aromatic carbocycles. The average Bonchev–Trinajstić information content (AvgIpc) is 2.41. The zero-order valence-electron chi connectivity index (χ0n) is 7.32. The molecule has 1 N–H and O–H groups in total. The average molecular weight is 180 g/mol. The zero-order valence-corrected chi connectivity index (χ0v) is 7.32. The van der Waals surface area contributed by atoms with E-state index in [2.05, 4.69) is 0 Å². The van der Waals surface area contributed by atoms with E-state index in [-0.39, 0.29) is 6.61 Å². The second kappa shape index (κ2) is 3.66. The fourth-order valence-corrected chi connectivity index (χ4v) is 1.38. The maximum absolute atomic E-state index is 9.05. The van der Waals surface area contributed by atoms with Gasteiger partial charge in [0, 0.05) is 12.0 Å². The minimum absolute atomic E-state index is 0.00741. The molecule has 0 saturated heterocycles. The predicted octanol–water partition coefficient (Wildman–Crippen LogP) is 1.34. The molecule has 0 fully saturated rings. The first-order valence-corrected chi connectivity index (χ1v) is 4.40. The molecule has 0 radical (unpaired) electrons. The Morgan fingerprint density at radius 1 is 1.23 bits per heavy atom. The Kier molecular flexibility index (Phi) is 2.36. The summed E-state index contributed by atoms with van der Waals surface area (Å²) in [5, 5.41) is 9.05. The Morgan fingerprint density at radius 2 is 2.08 bits per heavy atom. The van der Waals surface area contributed by atoms with Crippen LogP contribution in [0, 0.1) is 0 Å². The molecule has 0 unspecified atom stereocenters. The van der Waals surface area contributed by atoms with E-state index in [1.807, 2.05) is 18.2 Å². The highest BCUT2D eigenvalue weighted by molar-refractivity contribution is 5.46. The Hall–Kier alpha value is -1.22. The Morgan fingerprint density at radius 3 is 2.92 bits per heavy atom. The number of fused-ring (bicyclic) bond motifs is 1. The molecule has 0 aromatic heterocycles. The van der Waals surface area contributed by atoms with Gasteiger partial charge in [-0.1, -0.05) is 12.1 Å². The SMILES string of the molecule is OCc1cccc2c1OCCCO2. The van der Waals surface area contributed by atoms with Gasteiger partial charge in [0.15, 0.2) is 11.5 Å². The Balaban J connectivity index is 2.40. The number of hydrogen-bond donors (Lipinski definition) is 1. The zero-order chi connectivity index (χ0) is 9.10. The largest absolute Gasteiger partial charge is 0.490 e. The summed E-state index contributed by atoms with van der Waals surface area (Å²) in [6.07, 6.45) is 0.888. The van der Waals surface area contributed by atoms with Crippen molar-refractivity contribution in [2.45, 2.75) is 13.0 Å². The molecule has 0 aliphatic carbocycles. The van der Waals surface area contributed by atoms with E-state index in [1.165, 1.54) is 0 Å². The standard InChI is InChI=1S/C10H12O3/c11-7-8-3-1-4-9-10(8)13-6-2-5-12-9/h1,3-4,11H,2,5-7H2.